The number of rotatable bonds is 5. The minimum atomic E-state index is -0.306. The summed E-state index contributed by atoms with van der Waals surface area (Å²) in [5, 5.41) is 2.96. The summed E-state index contributed by atoms with van der Waals surface area (Å²) in [4.78, 5) is 38.9. The fourth-order valence-electron chi connectivity index (χ4n) is 4.13. The number of nitrogens with two attached hydrogens (primary N) is 1. The van der Waals surface area contributed by atoms with Crippen molar-refractivity contribution in [2.45, 2.75) is 25.2 Å². The Balaban J connectivity index is 1.42. The predicted octanol–water partition coefficient (Wildman–Crippen LogP) is 3.53. The molecule has 0 spiro atoms. The highest BCUT2D eigenvalue weighted by Gasteiger charge is 2.44. The van der Waals surface area contributed by atoms with E-state index in [1.54, 1.807) is 23.1 Å². The molecule has 1 saturated carbocycles. The van der Waals surface area contributed by atoms with Gasteiger partial charge in [0.25, 0.3) is 5.91 Å². The van der Waals surface area contributed by atoms with Gasteiger partial charge >= 0.3 is 0 Å². The van der Waals surface area contributed by atoms with E-state index in [9.17, 15) is 14.4 Å². The van der Waals surface area contributed by atoms with Crippen molar-refractivity contribution in [2.24, 2.45) is 17.6 Å². The number of benzene rings is 2. The molecule has 2 aromatic rings. The second-order valence-electron chi connectivity index (χ2n) is 8.01. The van der Waals surface area contributed by atoms with Gasteiger partial charge in [0.2, 0.25) is 11.8 Å². The molecule has 2 atom stereocenters. The maximum atomic E-state index is 13.0. The van der Waals surface area contributed by atoms with E-state index in [2.05, 4.69) is 21.2 Å². The van der Waals surface area contributed by atoms with Gasteiger partial charge in [-0.1, -0.05) is 40.2 Å². The van der Waals surface area contributed by atoms with Crippen LogP contribution in [-0.4, -0.2) is 35.7 Å². The minimum Gasteiger partial charge on any atom is -0.369 e. The molecule has 4 rings (SSSR count). The van der Waals surface area contributed by atoms with Crippen molar-refractivity contribution in [1.82, 2.24) is 4.90 Å². The summed E-state index contributed by atoms with van der Waals surface area (Å²) in [6.45, 7) is 0.977. The molecule has 0 radical (unpaired) electrons. The van der Waals surface area contributed by atoms with Crippen LogP contribution >= 0.6 is 15.9 Å². The summed E-state index contributed by atoms with van der Waals surface area (Å²) >= 11 is 3.48. The topological polar surface area (TPSA) is 92.5 Å². The third-order valence-corrected chi connectivity index (χ3v) is 6.50. The van der Waals surface area contributed by atoms with Crippen molar-refractivity contribution in [3.63, 3.8) is 0 Å². The number of likely N-dealkylation sites (tertiary alicyclic amines) is 1. The van der Waals surface area contributed by atoms with Crippen LogP contribution in [0.25, 0.3) is 0 Å². The molecule has 2 aliphatic rings. The number of anilines is 1. The first-order valence-corrected chi connectivity index (χ1v) is 11.0. The molecule has 3 N–H and O–H groups in total. The van der Waals surface area contributed by atoms with E-state index in [4.69, 9.17) is 5.73 Å². The summed E-state index contributed by atoms with van der Waals surface area (Å²) in [7, 11) is 0. The summed E-state index contributed by atoms with van der Waals surface area (Å²) in [5.41, 5.74) is 7.53. The van der Waals surface area contributed by atoms with Gasteiger partial charge in [-0.25, -0.2) is 0 Å². The van der Waals surface area contributed by atoms with Crippen LogP contribution in [0.1, 0.15) is 41.1 Å². The summed E-state index contributed by atoms with van der Waals surface area (Å²) in [6.07, 6.45) is 1.96. The number of halogens is 1. The van der Waals surface area contributed by atoms with E-state index >= 15 is 0 Å². The highest BCUT2D eigenvalue weighted by Crippen LogP contribution is 2.48. The maximum absolute atomic E-state index is 13.0. The molecule has 3 amide bonds. The first kappa shape index (κ1) is 20.6. The van der Waals surface area contributed by atoms with Gasteiger partial charge in [-0.2, -0.15) is 0 Å². The molecule has 1 aliphatic carbocycles. The quantitative estimate of drug-likeness (QED) is 0.701. The Kier molecular flexibility index (Phi) is 5.90. The molecule has 2 aromatic carbocycles. The average Bonchev–Trinajstić information content (AvgIpc) is 3.55. The minimum absolute atomic E-state index is 0.0623. The molecule has 2 fully saturated rings. The normalized spacial score (nSPS) is 21.2. The van der Waals surface area contributed by atoms with Gasteiger partial charge in [-0.3, -0.25) is 14.4 Å². The number of nitrogens with one attached hydrogen (secondary N) is 1. The zero-order valence-electron chi connectivity index (χ0n) is 16.5. The van der Waals surface area contributed by atoms with E-state index in [0.717, 1.165) is 16.5 Å². The number of nitrogens with zero attached hydrogens (tertiary/aromatic N) is 1. The summed E-state index contributed by atoms with van der Waals surface area (Å²) in [6, 6.07) is 15.1. The monoisotopic (exact) mass is 469 g/mol. The highest BCUT2D eigenvalue weighted by molar-refractivity contribution is 9.10. The van der Waals surface area contributed by atoms with Gasteiger partial charge in [0, 0.05) is 29.4 Å². The van der Waals surface area contributed by atoms with E-state index in [1.807, 2.05) is 30.3 Å². The third kappa shape index (κ3) is 4.41. The molecule has 1 saturated heterocycles. The molecule has 30 heavy (non-hydrogen) atoms. The summed E-state index contributed by atoms with van der Waals surface area (Å²) in [5.74, 6) is -0.555. The van der Waals surface area contributed by atoms with Crippen LogP contribution in [0.3, 0.4) is 0 Å². The molecule has 156 valence electrons. The molecule has 6 nitrogen and oxygen atoms in total. The molecule has 2 unspecified atom stereocenters. The van der Waals surface area contributed by atoms with E-state index in [-0.39, 0.29) is 35.5 Å². The largest absolute Gasteiger partial charge is 0.369 e. The van der Waals surface area contributed by atoms with Crippen LogP contribution in [0.15, 0.2) is 53.0 Å². The number of hydrogen-bond acceptors (Lipinski definition) is 3. The number of hydrogen-bond donors (Lipinski definition) is 2. The number of piperidine rings is 1. The van der Waals surface area contributed by atoms with Gasteiger partial charge in [0.15, 0.2) is 0 Å². The fourth-order valence-corrected chi connectivity index (χ4v) is 4.55. The van der Waals surface area contributed by atoms with Crippen LogP contribution in [0.2, 0.25) is 0 Å². The Bertz CT molecular complexity index is 985. The number of para-hydroxylation sites is 1. The van der Waals surface area contributed by atoms with Gasteiger partial charge < -0.3 is 16.0 Å². The predicted molar refractivity (Wildman–Crippen MR) is 118 cm³/mol. The zero-order valence-corrected chi connectivity index (χ0v) is 18.1. The lowest BCUT2D eigenvalue weighted by Crippen LogP contribution is -2.42. The van der Waals surface area contributed by atoms with Crippen molar-refractivity contribution >= 4 is 39.3 Å². The molecule has 1 heterocycles. The lowest BCUT2D eigenvalue weighted by Gasteiger charge is -2.31. The summed E-state index contributed by atoms with van der Waals surface area (Å²) < 4.78 is 1.00. The van der Waals surface area contributed by atoms with E-state index in [0.29, 0.717) is 37.2 Å². The molecular weight excluding hydrogens is 446 g/mol. The van der Waals surface area contributed by atoms with Crippen LogP contribution in [-0.2, 0) is 9.59 Å². The van der Waals surface area contributed by atoms with Crippen molar-refractivity contribution < 1.29 is 14.4 Å². The average molecular weight is 470 g/mol. The Morgan fingerprint density at radius 1 is 1.03 bits per heavy atom. The second-order valence-corrected chi connectivity index (χ2v) is 8.92. The maximum Gasteiger partial charge on any atom is 0.255 e. The lowest BCUT2D eigenvalue weighted by atomic mass is 9.95. The second kappa shape index (κ2) is 8.60. The first-order chi connectivity index (χ1) is 14.4. The van der Waals surface area contributed by atoms with Crippen molar-refractivity contribution in [1.29, 1.82) is 0 Å². The molecular formula is C23H24BrN3O3. The number of primary amides is 1. The number of carbonyl (C=O) groups excluding carboxylic acids is 3. The Labute approximate surface area is 183 Å². The van der Waals surface area contributed by atoms with Crippen LogP contribution < -0.4 is 11.1 Å². The number of amides is 3. The van der Waals surface area contributed by atoms with E-state index < -0.39 is 0 Å². The lowest BCUT2D eigenvalue weighted by molar-refractivity contribution is -0.123. The fraction of sp³-hybridized carbons (Fsp3) is 0.348. The van der Waals surface area contributed by atoms with Crippen LogP contribution in [0.5, 0.6) is 0 Å². The highest BCUT2D eigenvalue weighted by atomic mass is 79.9. The van der Waals surface area contributed by atoms with E-state index in [1.165, 1.54) is 0 Å². The SMILES string of the molecule is NC(=O)C1CCN(C(=O)c2ccccc2NC(=O)C2CC2c2cccc(Br)c2)CC1. The Morgan fingerprint density at radius 2 is 1.77 bits per heavy atom. The van der Waals surface area contributed by atoms with Crippen molar-refractivity contribution in [3.05, 3.63) is 64.1 Å². The Morgan fingerprint density at radius 3 is 2.47 bits per heavy atom. The zero-order chi connectivity index (χ0) is 21.3. The first-order valence-electron chi connectivity index (χ1n) is 10.2. The van der Waals surface area contributed by atoms with Gasteiger partial charge in [0.05, 0.1) is 11.3 Å². The van der Waals surface area contributed by atoms with Crippen LogP contribution in [0, 0.1) is 11.8 Å². The Hall–Kier alpha value is -2.67. The number of carbonyl (C=O) groups is 3. The smallest absolute Gasteiger partial charge is 0.255 e. The molecule has 1 aliphatic heterocycles. The third-order valence-electron chi connectivity index (χ3n) is 6.00. The van der Waals surface area contributed by atoms with Crippen molar-refractivity contribution in [3.8, 4) is 0 Å². The van der Waals surface area contributed by atoms with Crippen molar-refractivity contribution in [2.75, 3.05) is 18.4 Å². The molecule has 0 bridgehead atoms. The standard InChI is InChI=1S/C23H24BrN3O3/c24-16-5-3-4-15(12-16)18-13-19(18)22(29)26-20-7-2-1-6-17(20)23(30)27-10-8-14(9-11-27)21(25)28/h1-7,12,14,18-19H,8-11,13H2,(H2,25,28)(H,26,29). The molecule has 7 heteroatoms. The van der Waals surface area contributed by atoms with Gasteiger partial charge in [-0.05, 0) is 55.0 Å². The van der Waals surface area contributed by atoms with Crippen LogP contribution in [0.4, 0.5) is 5.69 Å². The van der Waals surface area contributed by atoms with Gasteiger partial charge in [0.1, 0.15) is 0 Å². The van der Waals surface area contributed by atoms with Gasteiger partial charge in [-0.15, -0.1) is 0 Å². The molecule has 0 aromatic heterocycles.